The summed E-state index contributed by atoms with van der Waals surface area (Å²) in [6.07, 6.45) is 0.473. The third-order valence-corrected chi connectivity index (χ3v) is 4.41. The van der Waals surface area contributed by atoms with E-state index in [0.717, 1.165) is 0 Å². The molecule has 6 nitrogen and oxygen atoms in total. The van der Waals surface area contributed by atoms with Gasteiger partial charge in [0.2, 0.25) is 15.9 Å². The quantitative estimate of drug-likeness (QED) is 0.532. The van der Waals surface area contributed by atoms with Crippen LogP contribution in [0, 0.1) is 6.92 Å². The Hall–Kier alpha value is -1.31. The molecule has 0 atom stereocenters. The molecule has 8 heteroatoms. The molecule has 0 heterocycles. The Morgan fingerprint density at radius 1 is 1.42 bits per heavy atom. The molecule has 19 heavy (non-hydrogen) atoms. The fraction of sp³-hybridized carbons (Fsp3) is 0.364. The fourth-order valence-electron chi connectivity index (χ4n) is 1.50. The molecule has 0 aliphatic heterocycles. The van der Waals surface area contributed by atoms with Crippen molar-refractivity contribution in [1.82, 2.24) is 4.72 Å². The molecule has 1 aromatic carbocycles. The van der Waals surface area contributed by atoms with Gasteiger partial charge in [-0.05, 0) is 31.0 Å². The maximum atomic E-state index is 12.0. The number of nitrogen functional groups attached to an aromatic ring is 1. The molecule has 0 radical (unpaired) electrons. The maximum absolute atomic E-state index is 12.0. The van der Waals surface area contributed by atoms with Crippen LogP contribution in [0.1, 0.15) is 18.4 Å². The summed E-state index contributed by atoms with van der Waals surface area (Å²) in [5.41, 5.74) is 11.3. The minimum Gasteiger partial charge on any atom is -0.397 e. The number of aryl methyl sites for hydroxylation is 1. The molecule has 0 saturated carbocycles. The first-order valence-electron chi connectivity index (χ1n) is 5.57. The predicted octanol–water partition coefficient (Wildman–Crippen LogP) is 0.774. The van der Waals surface area contributed by atoms with Crippen molar-refractivity contribution in [2.75, 3.05) is 12.3 Å². The van der Waals surface area contributed by atoms with E-state index in [9.17, 15) is 13.2 Å². The smallest absolute Gasteiger partial charge is 0.240 e. The van der Waals surface area contributed by atoms with Crippen LogP contribution in [0.3, 0.4) is 0 Å². The lowest BCUT2D eigenvalue weighted by atomic mass is 10.2. The Bertz CT molecular complexity index is 587. The van der Waals surface area contributed by atoms with Gasteiger partial charge >= 0.3 is 0 Å². The number of halogens is 1. The largest absolute Gasteiger partial charge is 0.397 e. The van der Waals surface area contributed by atoms with Gasteiger partial charge in [0.25, 0.3) is 0 Å². The molecule has 1 amide bonds. The molecule has 0 saturated heterocycles. The summed E-state index contributed by atoms with van der Waals surface area (Å²) in [4.78, 5) is 10.6. The van der Waals surface area contributed by atoms with Crippen LogP contribution in [0.2, 0.25) is 5.02 Å². The average molecular weight is 306 g/mol. The predicted molar refractivity (Wildman–Crippen MR) is 74.2 cm³/mol. The summed E-state index contributed by atoms with van der Waals surface area (Å²) >= 11 is 5.81. The minimum atomic E-state index is -3.67. The van der Waals surface area contributed by atoms with E-state index < -0.39 is 15.9 Å². The number of sulfonamides is 1. The first-order valence-corrected chi connectivity index (χ1v) is 7.43. The van der Waals surface area contributed by atoms with E-state index in [2.05, 4.69) is 4.72 Å². The molecular weight excluding hydrogens is 290 g/mol. The number of hydrogen-bond donors (Lipinski definition) is 3. The van der Waals surface area contributed by atoms with Crippen molar-refractivity contribution in [3.05, 3.63) is 22.7 Å². The van der Waals surface area contributed by atoms with Crippen LogP contribution in [0.15, 0.2) is 17.0 Å². The van der Waals surface area contributed by atoms with Gasteiger partial charge in [0, 0.05) is 13.0 Å². The number of anilines is 1. The fourth-order valence-corrected chi connectivity index (χ4v) is 3.06. The third-order valence-electron chi connectivity index (χ3n) is 2.48. The minimum absolute atomic E-state index is 0.0773. The summed E-state index contributed by atoms with van der Waals surface area (Å²) < 4.78 is 26.5. The number of carbonyl (C=O) groups excluding carboxylic acids is 1. The molecule has 5 N–H and O–H groups in total. The first kappa shape index (κ1) is 15.7. The zero-order valence-electron chi connectivity index (χ0n) is 10.4. The number of benzene rings is 1. The van der Waals surface area contributed by atoms with Crippen LogP contribution < -0.4 is 16.2 Å². The molecule has 0 aliphatic rings. The van der Waals surface area contributed by atoms with E-state index in [1.54, 1.807) is 6.92 Å². The number of nitrogens with one attached hydrogen (secondary N) is 1. The summed E-state index contributed by atoms with van der Waals surface area (Å²) in [5, 5.41) is 0.310. The molecule has 0 aliphatic carbocycles. The Labute approximate surface area is 117 Å². The molecule has 0 fully saturated rings. The molecular formula is C11H16ClN3O3S. The SMILES string of the molecule is Cc1cc(Cl)c(N)cc1S(=O)(=O)NCCCC(N)=O. The van der Waals surface area contributed by atoms with Gasteiger partial charge in [-0.1, -0.05) is 11.6 Å². The highest BCUT2D eigenvalue weighted by Crippen LogP contribution is 2.25. The molecule has 106 valence electrons. The molecule has 0 aromatic heterocycles. The Morgan fingerprint density at radius 2 is 2.05 bits per heavy atom. The normalized spacial score (nSPS) is 11.5. The summed E-state index contributed by atoms with van der Waals surface area (Å²) in [6, 6.07) is 2.81. The summed E-state index contributed by atoms with van der Waals surface area (Å²) in [6.45, 7) is 1.76. The van der Waals surface area contributed by atoms with E-state index in [1.165, 1.54) is 12.1 Å². The zero-order valence-corrected chi connectivity index (χ0v) is 12.0. The van der Waals surface area contributed by atoms with Crippen LogP contribution in [-0.2, 0) is 14.8 Å². The number of primary amides is 1. The third kappa shape index (κ3) is 4.38. The van der Waals surface area contributed by atoms with Gasteiger partial charge in [-0.2, -0.15) is 0 Å². The molecule has 0 bridgehead atoms. The second kappa shape index (κ2) is 6.23. The zero-order chi connectivity index (χ0) is 14.6. The van der Waals surface area contributed by atoms with Gasteiger partial charge in [-0.3, -0.25) is 4.79 Å². The van der Waals surface area contributed by atoms with Gasteiger partial charge < -0.3 is 11.5 Å². The van der Waals surface area contributed by atoms with Gasteiger partial charge in [0.1, 0.15) is 0 Å². The van der Waals surface area contributed by atoms with Gasteiger partial charge in [0.15, 0.2) is 0 Å². The van der Waals surface area contributed by atoms with Crippen LogP contribution in [0.25, 0.3) is 0 Å². The lowest BCUT2D eigenvalue weighted by Gasteiger charge is -2.10. The van der Waals surface area contributed by atoms with Crippen molar-refractivity contribution in [3.63, 3.8) is 0 Å². The second-order valence-electron chi connectivity index (χ2n) is 4.11. The number of rotatable bonds is 6. The number of carbonyl (C=O) groups is 1. The highest BCUT2D eigenvalue weighted by molar-refractivity contribution is 7.89. The van der Waals surface area contributed by atoms with Crippen molar-refractivity contribution in [2.24, 2.45) is 5.73 Å². The van der Waals surface area contributed by atoms with Crippen LogP contribution in [0.4, 0.5) is 5.69 Å². The number of hydrogen-bond acceptors (Lipinski definition) is 4. The highest BCUT2D eigenvalue weighted by atomic mass is 35.5. The molecule has 1 aromatic rings. The van der Waals surface area contributed by atoms with E-state index >= 15 is 0 Å². The van der Waals surface area contributed by atoms with Gasteiger partial charge in [-0.25, -0.2) is 13.1 Å². The van der Waals surface area contributed by atoms with Gasteiger partial charge in [0.05, 0.1) is 15.6 Å². The average Bonchev–Trinajstić information content (AvgIpc) is 2.29. The Morgan fingerprint density at radius 3 is 2.63 bits per heavy atom. The standard InChI is InChI=1S/C11H16ClN3O3S/c1-7-5-8(12)9(13)6-10(7)19(17,18)15-4-2-3-11(14)16/h5-6,15H,2-4,13H2,1H3,(H2,14,16). The van der Waals surface area contributed by atoms with Crippen molar-refractivity contribution in [3.8, 4) is 0 Å². The summed E-state index contributed by atoms with van der Waals surface area (Å²) in [7, 11) is -3.67. The number of amides is 1. The van der Waals surface area contributed by atoms with Crippen LogP contribution >= 0.6 is 11.6 Å². The lowest BCUT2D eigenvalue weighted by Crippen LogP contribution is -2.26. The monoisotopic (exact) mass is 305 g/mol. The molecule has 0 spiro atoms. The maximum Gasteiger partial charge on any atom is 0.240 e. The molecule has 1 rings (SSSR count). The second-order valence-corrected chi connectivity index (χ2v) is 6.25. The van der Waals surface area contributed by atoms with E-state index in [1.807, 2.05) is 0 Å². The van der Waals surface area contributed by atoms with E-state index in [0.29, 0.717) is 17.0 Å². The Kier molecular flexibility index (Phi) is 5.16. The lowest BCUT2D eigenvalue weighted by molar-refractivity contribution is -0.118. The van der Waals surface area contributed by atoms with E-state index in [-0.39, 0.29) is 23.5 Å². The van der Waals surface area contributed by atoms with Crippen molar-refractivity contribution in [2.45, 2.75) is 24.7 Å². The van der Waals surface area contributed by atoms with E-state index in [4.69, 9.17) is 23.1 Å². The van der Waals surface area contributed by atoms with Crippen LogP contribution in [0.5, 0.6) is 0 Å². The topological polar surface area (TPSA) is 115 Å². The first-order chi connectivity index (χ1) is 8.74. The number of nitrogens with two attached hydrogens (primary N) is 2. The van der Waals surface area contributed by atoms with Crippen molar-refractivity contribution >= 4 is 33.2 Å². The van der Waals surface area contributed by atoms with Crippen molar-refractivity contribution in [1.29, 1.82) is 0 Å². The van der Waals surface area contributed by atoms with Gasteiger partial charge in [-0.15, -0.1) is 0 Å². The molecule has 0 unspecified atom stereocenters. The van der Waals surface area contributed by atoms with Crippen molar-refractivity contribution < 1.29 is 13.2 Å². The highest BCUT2D eigenvalue weighted by Gasteiger charge is 2.17. The summed E-state index contributed by atoms with van der Waals surface area (Å²) in [5.74, 6) is -0.467. The van der Waals surface area contributed by atoms with Crippen LogP contribution in [-0.4, -0.2) is 20.9 Å². The Balaban J connectivity index is 2.83.